The summed E-state index contributed by atoms with van der Waals surface area (Å²) in [4.78, 5) is 36.7. The summed E-state index contributed by atoms with van der Waals surface area (Å²) in [7, 11) is 0. The first kappa shape index (κ1) is 20.1. The lowest BCUT2D eigenvalue weighted by Crippen LogP contribution is -2.32. The summed E-state index contributed by atoms with van der Waals surface area (Å²) in [6.45, 7) is 0.986. The van der Waals surface area contributed by atoms with E-state index in [0.29, 0.717) is 11.3 Å². The zero-order valence-corrected chi connectivity index (χ0v) is 16.6. The lowest BCUT2D eigenvalue weighted by atomic mass is 10.1. The maximum absolute atomic E-state index is 12.5. The van der Waals surface area contributed by atoms with Crippen molar-refractivity contribution < 1.29 is 18.7 Å². The summed E-state index contributed by atoms with van der Waals surface area (Å²) in [5.41, 5.74) is 1.22. The maximum atomic E-state index is 12.5. The van der Waals surface area contributed by atoms with Gasteiger partial charge in [0.15, 0.2) is 6.10 Å². The Morgan fingerprint density at radius 2 is 1.74 bits per heavy atom. The minimum Gasteiger partial charge on any atom is -0.451 e. The van der Waals surface area contributed by atoms with Crippen LogP contribution in [0.15, 0.2) is 82.0 Å². The first-order valence-electron chi connectivity index (χ1n) is 9.63. The zero-order valence-electron chi connectivity index (χ0n) is 16.6. The number of aromatic nitrogens is 2. The Balaban J connectivity index is 1.40. The van der Waals surface area contributed by atoms with Crippen molar-refractivity contribution in [3.05, 3.63) is 83.3 Å². The summed E-state index contributed by atoms with van der Waals surface area (Å²) in [5, 5.41) is 8.63. The molecule has 1 aromatic heterocycles. The van der Waals surface area contributed by atoms with Gasteiger partial charge in [0.1, 0.15) is 6.54 Å². The van der Waals surface area contributed by atoms with Crippen molar-refractivity contribution in [2.24, 2.45) is 0 Å². The molecule has 0 fully saturated rings. The SMILES string of the molecule is CC(OC(=O)Cn1nc(-c2ccccc2)oc1=O)C(=O)Nc1cccc2ccccc12. The van der Waals surface area contributed by atoms with Gasteiger partial charge in [0, 0.05) is 16.6 Å². The van der Waals surface area contributed by atoms with Crippen molar-refractivity contribution in [2.45, 2.75) is 19.6 Å². The molecule has 0 saturated carbocycles. The number of nitrogens with zero attached hydrogens (tertiary/aromatic N) is 2. The van der Waals surface area contributed by atoms with Crippen LogP contribution in [0.5, 0.6) is 0 Å². The molecule has 0 aliphatic carbocycles. The minimum absolute atomic E-state index is 0.0974. The van der Waals surface area contributed by atoms with Crippen molar-refractivity contribution in [3.63, 3.8) is 0 Å². The van der Waals surface area contributed by atoms with Crippen LogP contribution in [0.3, 0.4) is 0 Å². The van der Waals surface area contributed by atoms with Crippen LogP contribution in [0.2, 0.25) is 0 Å². The van der Waals surface area contributed by atoms with Gasteiger partial charge in [0.25, 0.3) is 5.91 Å². The third-order valence-electron chi connectivity index (χ3n) is 4.63. The van der Waals surface area contributed by atoms with Crippen LogP contribution in [0.4, 0.5) is 5.69 Å². The number of fused-ring (bicyclic) bond motifs is 1. The molecule has 4 aromatic rings. The molecule has 0 aliphatic rings. The fourth-order valence-corrected chi connectivity index (χ4v) is 3.08. The number of nitrogens with one attached hydrogen (secondary N) is 1. The van der Waals surface area contributed by atoms with Gasteiger partial charge in [-0.25, -0.2) is 4.79 Å². The van der Waals surface area contributed by atoms with Crippen molar-refractivity contribution in [1.29, 1.82) is 0 Å². The summed E-state index contributed by atoms with van der Waals surface area (Å²) in [6, 6.07) is 22.0. The van der Waals surface area contributed by atoms with Gasteiger partial charge >= 0.3 is 11.7 Å². The Bertz CT molecular complexity index is 1290. The Morgan fingerprint density at radius 1 is 1.03 bits per heavy atom. The number of hydrogen-bond acceptors (Lipinski definition) is 6. The second kappa shape index (κ2) is 8.66. The number of anilines is 1. The Morgan fingerprint density at radius 3 is 2.55 bits per heavy atom. The molecule has 0 spiro atoms. The van der Waals surface area contributed by atoms with Gasteiger partial charge in [-0.05, 0) is 30.5 Å². The highest BCUT2D eigenvalue weighted by atomic mass is 16.5. The van der Waals surface area contributed by atoms with E-state index < -0.39 is 30.3 Å². The highest BCUT2D eigenvalue weighted by Crippen LogP contribution is 2.23. The predicted molar refractivity (Wildman–Crippen MR) is 114 cm³/mol. The molecule has 8 heteroatoms. The van der Waals surface area contributed by atoms with Crippen LogP contribution in [0.1, 0.15) is 6.92 Å². The number of ether oxygens (including phenoxy) is 1. The first-order valence-corrected chi connectivity index (χ1v) is 9.63. The fourth-order valence-electron chi connectivity index (χ4n) is 3.08. The molecule has 1 atom stereocenters. The van der Waals surface area contributed by atoms with Gasteiger partial charge in [-0.3, -0.25) is 9.59 Å². The molecule has 3 aromatic carbocycles. The number of amides is 1. The molecule has 1 amide bonds. The van der Waals surface area contributed by atoms with E-state index in [1.165, 1.54) is 6.92 Å². The molecule has 0 radical (unpaired) electrons. The van der Waals surface area contributed by atoms with Crippen LogP contribution in [0, 0.1) is 0 Å². The number of carbonyl (C=O) groups excluding carboxylic acids is 2. The van der Waals surface area contributed by atoms with Crippen LogP contribution in [0.25, 0.3) is 22.2 Å². The molecule has 31 heavy (non-hydrogen) atoms. The average Bonchev–Trinajstić information content (AvgIpc) is 3.14. The van der Waals surface area contributed by atoms with E-state index >= 15 is 0 Å². The van der Waals surface area contributed by atoms with Gasteiger partial charge in [0.2, 0.25) is 5.89 Å². The van der Waals surface area contributed by atoms with E-state index in [1.54, 1.807) is 30.3 Å². The minimum atomic E-state index is -1.07. The van der Waals surface area contributed by atoms with Crippen LogP contribution >= 0.6 is 0 Å². The van der Waals surface area contributed by atoms with E-state index in [9.17, 15) is 14.4 Å². The summed E-state index contributed by atoms with van der Waals surface area (Å²) in [5.74, 6) is -1.96. The predicted octanol–water partition coefficient (Wildman–Crippen LogP) is 3.23. The van der Waals surface area contributed by atoms with Crippen LogP contribution in [-0.2, 0) is 20.9 Å². The second-order valence-corrected chi connectivity index (χ2v) is 6.84. The van der Waals surface area contributed by atoms with E-state index in [1.807, 2.05) is 42.5 Å². The van der Waals surface area contributed by atoms with Gasteiger partial charge in [0.05, 0.1) is 0 Å². The summed E-state index contributed by atoms with van der Waals surface area (Å²) in [6.07, 6.45) is -1.07. The molecule has 0 saturated heterocycles. The lowest BCUT2D eigenvalue weighted by Gasteiger charge is -2.14. The standard InChI is InChI=1S/C23H19N3O5/c1-15(21(28)24-19-13-7-11-16-8-5-6-12-18(16)19)30-20(27)14-26-23(29)31-22(25-26)17-9-3-2-4-10-17/h2-13,15H,14H2,1H3,(H,24,28). The van der Waals surface area contributed by atoms with Gasteiger partial charge < -0.3 is 14.5 Å². The van der Waals surface area contributed by atoms with Crippen molar-refractivity contribution in [2.75, 3.05) is 5.32 Å². The van der Waals surface area contributed by atoms with E-state index in [0.717, 1.165) is 15.5 Å². The third-order valence-corrected chi connectivity index (χ3v) is 4.63. The van der Waals surface area contributed by atoms with Crippen molar-refractivity contribution >= 4 is 28.3 Å². The third kappa shape index (κ3) is 4.53. The van der Waals surface area contributed by atoms with E-state index in [2.05, 4.69) is 10.4 Å². The molecule has 156 valence electrons. The molecule has 1 unspecified atom stereocenters. The Labute approximate surface area is 177 Å². The number of esters is 1. The van der Waals surface area contributed by atoms with E-state index in [-0.39, 0.29) is 5.89 Å². The summed E-state index contributed by atoms with van der Waals surface area (Å²) < 4.78 is 11.1. The highest BCUT2D eigenvalue weighted by Gasteiger charge is 2.21. The van der Waals surface area contributed by atoms with Crippen molar-refractivity contribution in [1.82, 2.24) is 9.78 Å². The molecule has 0 aliphatic heterocycles. The summed E-state index contributed by atoms with van der Waals surface area (Å²) >= 11 is 0. The van der Waals surface area contributed by atoms with Crippen LogP contribution < -0.4 is 11.1 Å². The number of hydrogen-bond donors (Lipinski definition) is 1. The van der Waals surface area contributed by atoms with Gasteiger partial charge in [-0.2, -0.15) is 4.68 Å². The monoisotopic (exact) mass is 417 g/mol. The second-order valence-electron chi connectivity index (χ2n) is 6.84. The van der Waals surface area contributed by atoms with Gasteiger partial charge in [-0.15, -0.1) is 5.10 Å². The topological polar surface area (TPSA) is 103 Å². The quantitative estimate of drug-likeness (QED) is 0.483. The fraction of sp³-hybridized carbons (Fsp3) is 0.130. The average molecular weight is 417 g/mol. The first-order chi connectivity index (χ1) is 15.0. The van der Waals surface area contributed by atoms with E-state index in [4.69, 9.17) is 9.15 Å². The zero-order chi connectivity index (χ0) is 21.8. The Hall–Kier alpha value is -4.20. The van der Waals surface area contributed by atoms with Crippen LogP contribution in [-0.4, -0.2) is 27.8 Å². The molecule has 1 N–H and O–H groups in total. The highest BCUT2D eigenvalue weighted by molar-refractivity contribution is 6.03. The maximum Gasteiger partial charge on any atom is 0.437 e. The smallest absolute Gasteiger partial charge is 0.437 e. The number of benzene rings is 3. The molecule has 4 rings (SSSR count). The largest absolute Gasteiger partial charge is 0.451 e. The molecule has 1 heterocycles. The molecule has 0 bridgehead atoms. The molecule has 8 nitrogen and oxygen atoms in total. The molecular weight excluding hydrogens is 398 g/mol. The van der Waals surface area contributed by atoms with Gasteiger partial charge in [-0.1, -0.05) is 54.6 Å². The number of carbonyl (C=O) groups is 2. The lowest BCUT2D eigenvalue weighted by molar-refractivity contribution is -0.154. The Kier molecular flexibility index (Phi) is 5.61. The molecular formula is C23H19N3O5. The normalized spacial score (nSPS) is 11.8. The van der Waals surface area contributed by atoms with Crippen molar-refractivity contribution in [3.8, 4) is 11.5 Å². The number of rotatable bonds is 6.